The Bertz CT molecular complexity index is 675. The number of amides is 2. The lowest BCUT2D eigenvalue weighted by molar-refractivity contribution is -0.125. The van der Waals surface area contributed by atoms with Gasteiger partial charge in [-0.3, -0.25) is 10.1 Å². The molecule has 1 aromatic carbocycles. The van der Waals surface area contributed by atoms with Gasteiger partial charge in [-0.05, 0) is 23.8 Å². The lowest BCUT2D eigenvalue weighted by Gasteiger charge is -2.21. The molecule has 0 radical (unpaired) electrons. The van der Waals surface area contributed by atoms with Gasteiger partial charge in [0, 0.05) is 6.42 Å². The maximum Gasteiger partial charge on any atom is 0.635 e. The van der Waals surface area contributed by atoms with Crippen molar-refractivity contribution in [3.63, 3.8) is 0 Å². The van der Waals surface area contributed by atoms with Crippen molar-refractivity contribution >= 4 is 19.3 Å². The van der Waals surface area contributed by atoms with Gasteiger partial charge in [0.25, 0.3) is 0 Å². The number of alkyl carbamates (subject to hydrolysis) is 1. The first-order valence-electron chi connectivity index (χ1n) is 8.07. The van der Waals surface area contributed by atoms with E-state index in [1.165, 1.54) is 24.3 Å². The molecule has 1 aliphatic rings. The summed E-state index contributed by atoms with van der Waals surface area (Å²) < 4.78 is 36.6. The van der Waals surface area contributed by atoms with Crippen LogP contribution in [0.25, 0.3) is 0 Å². The number of likely N-dealkylation sites (tertiary alicyclic amines) is 1. The van der Waals surface area contributed by atoms with Crippen LogP contribution in [0.1, 0.15) is 5.56 Å². The molecule has 146 valence electrons. The maximum absolute atomic E-state index is 13.9. The summed E-state index contributed by atoms with van der Waals surface area (Å²) in [4.78, 5) is 24.7. The molecule has 3 N–H and O–H groups in total. The molecular formula is C16H19BF2N2O6. The van der Waals surface area contributed by atoms with Crippen molar-refractivity contribution in [3.05, 3.63) is 48.3 Å². The number of alkyl halides is 1. The van der Waals surface area contributed by atoms with E-state index in [0.717, 1.165) is 11.0 Å². The van der Waals surface area contributed by atoms with E-state index in [0.29, 0.717) is 5.56 Å². The number of halogens is 2. The molecule has 1 saturated heterocycles. The number of hydrogen-bond acceptors (Lipinski definition) is 6. The molecule has 1 heterocycles. The van der Waals surface area contributed by atoms with Gasteiger partial charge in [0.05, 0.1) is 13.1 Å². The number of rotatable bonds is 7. The lowest BCUT2D eigenvalue weighted by Crippen LogP contribution is -2.44. The summed E-state index contributed by atoms with van der Waals surface area (Å²) in [7, 11) is -2.18. The fourth-order valence-corrected chi connectivity index (χ4v) is 2.57. The predicted octanol–water partition coefficient (Wildman–Crippen LogP) is 0.141. The van der Waals surface area contributed by atoms with E-state index >= 15 is 0 Å². The Kier molecular flexibility index (Phi) is 7.28. The zero-order chi connectivity index (χ0) is 20.0. The fraction of sp³-hybridized carbons (Fsp3) is 0.375. The Morgan fingerprint density at radius 1 is 1.37 bits per heavy atom. The molecule has 0 unspecified atom stereocenters. The second-order valence-corrected chi connectivity index (χ2v) is 5.83. The first-order chi connectivity index (χ1) is 12.8. The lowest BCUT2D eigenvalue weighted by atomic mass is 10.1. The van der Waals surface area contributed by atoms with Crippen LogP contribution in [0.15, 0.2) is 36.9 Å². The second kappa shape index (κ2) is 9.44. The van der Waals surface area contributed by atoms with Crippen LogP contribution in [0, 0.1) is 5.82 Å². The van der Waals surface area contributed by atoms with Crippen molar-refractivity contribution in [2.45, 2.75) is 24.9 Å². The summed E-state index contributed by atoms with van der Waals surface area (Å²) in [5.74, 6) is -0.940. The Morgan fingerprint density at radius 3 is 2.63 bits per heavy atom. The highest BCUT2D eigenvalue weighted by atomic mass is 19.1. The van der Waals surface area contributed by atoms with Gasteiger partial charge < -0.3 is 24.3 Å². The smallest absolute Gasteiger partial charge is 0.441 e. The molecule has 2 amide bonds. The first kappa shape index (κ1) is 20.8. The molecule has 27 heavy (non-hydrogen) atoms. The van der Waals surface area contributed by atoms with Crippen LogP contribution >= 0.6 is 0 Å². The Hall–Kier alpha value is -2.50. The molecule has 2 rings (SSSR count). The summed E-state index contributed by atoms with van der Waals surface area (Å²) >= 11 is 0. The number of nitrogens with zero attached hydrogens (tertiary/aromatic N) is 1. The average molecular weight is 384 g/mol. The Balaban J connectivity index is 1.93. The van der Waals surface area contributed by atoms with E-state index in [2.05, 4.69) is 11.9 Å². The fourth-order valence-electron chi connectivity index (χ4n) is 2.57. The van der Waals surface area contributed by atoms with Gasteiger partial charge in [0.1, 0.15) is 12.0 Å². The quantitative estimate of drug-likeness (QED) is 0.351. The molecule has 0 aliphatic carbocycles. The molecule has 11 heteroatoms. The third-order valence-electron chi connectivity index (χ3n) is 3.84. The summed E-state index contributed by atoms with van der Waals surface area (Å²) in [5.41, 5.74) is 0.536. The van der Waals surface area contributed by atoms with Crippen LogP contribution in [0.2, 0.25) is 0 Å². The van der Waals surface area contributed by atoms with E-state index in [9.17, 15) is 18.4 Å². The Labute approximate surface area is 154 Å². The molecule has 0 spiro atoms. The van der Waals surface area contributed by atoms with Crippen molar-refractivity contribution in [1.82, 2.24) is 10.2 Å². The van der Waals surface area contributed by atoms with Crippen molar-refractivity contribution in [2.75, 3.05) is 13.1 Å². The highest BCUT2D eigenvalue weighted by Gasteiger charge is 2.37. The molecule has 3 atom stereocenters. The summed E-state index contributed by atoms with van der Waals surface area (Å²) in [5, 5.41) is 20.2. The van der Waals surface area contributed by atoms with Crippen LogP contribution in [0.4, 0.5) is 13.6 Å². The van der Waals surface area contributed by atoms with Gasteiger partial charge in [0.2, 0.25) is 5.91 Å². The minimum Gasteiger partial charge on any atom is -0.441 e. The number of hydrogen-bond donors (Lipinski definition) is 3. The summed E-state index contributed by atoms with van der Waals surface area (Å²) in [6, 6.07) is 5.24. The largest absolute Gasteiger partial charge is 0.635 e. The van der Waals surface area contributed by atoms with E-state index in [1.54, 1.807) is 0 Å². The monoisotopic (exact) mass is 384 g/mol. The van der Waals surface area contributed by atoms with Crippen molar-refractivity contribution in [1.29, 1.82) is 0 Å². The average Bonchev–Trinajstić information content (AvgIpc) is 2.96. The molecule has 1 fully saturated rings. The Morgan fingerprint density at radius 2 is 2.04 bits per heavy atom. The normalized spacial score (nSPS) is 20.1. The molecular weight excluding hydrogens is 365 g/mol. The highest BCUT2D eigenvalue weighted by molar-refractivity contribution is 6.32. The minimum absolute atomic E-state index is 0.0300. The number of benzene rings is 1. The van der Waals surface area contributed by atoms with Crippen molar-refractivity contribution in [3.8, 4) is 0 Å². The molecule has 8 nitrogen and oxygen atoms in total. The number of ether oxygens (including phenoxy) is 1. The topological polar surface area (TPSA) is 108 Å². The van der Waals surface area contributed by atoms with Crippen LogP contribution in [0.5, 0.6) is 0 Å². The van der Waals surface area contributed by atoms with Crippen LogP contribution in [-0.2, 0) is 20.6 Å². The molecule has 0 bridgehead atoms. The van der Waals surface area contributed by atoms with Gasteiger partial charge in [-0.1, -0.05) is 18.7 Å². The van der Waals surface area contributed by atoms with Crippen molar-refractivity contribution in [2.24, 2.45) is 0 Å². The van der Waals surface area contributed by atoms with Gasteiger partial charge in [-0.25, -0.2) is 13.6 Å². The van der Waals surface area contributed by atoms with Gasteiger partial charge in [-0.15, -0.1) is 0 Å². The molecule has 1 aliphatic heterocycles. The van der Waals surface area contributed by atoms with Gasteiger partial charge >= 0.3 is 13.4 Å². The SMILES string of the molecule is C=CC(=O)N1C[C@@H](F)[C@H](OC(=O)N[C@@H](Cc2ccc(F)cc2)OB(O)O)C1. The highest BCUT2D eigenvalue weighted by Crippen LogP contribution is 2.17. The molecule has 0 saturated carbocycles. The van der Waals surface area contributed by atoms with Crippen LogP contribution in [0.3, 0.4) is 0 Å². The maximum atomic E-state index is 13.9. The first-order valence-corrected chi connectivity index (χ1v) is 8.07. The second-order valence-electron chi connectivity index (χ2n) is 5.83. The molecule has 1 aromatic rings. The van der Waals surface area contributed by atoms with Crippen molar-refractivity contribution < 1.29 is 37.8 Å². The third kappa shape index (κ3) is 6.31. The number of nitrogens with one attached hydrogen (secondary N) is 1. The predicted molar refractivity (Wildman–Crippen MR) is 90.2 cm³/mol. The third-order valence-corrected chi connectivity index (χ3v) is 3.84. The minimum atomic E-state index is -2.18. The van der Waals surface area contributed by atoms with E-state index in [-0.39, 0.29) is 19.5 Å². The van der Waals surface area contributed by atoms with Gasteiger partial charge in [0.15, 0.2) is 12.3 Å². The van der Waals surface area contributed by atoms with E-state index in [1.807, 2.05) is 0 Å². The number of carbonyl (C=O) groups excluding carboxylic acids is 2. The number of carbonyl (C=O) groups is 2. The van der Waals surface area contributed by atoms with Gasteiger partial charge in [-0.2, -0.15) is 0 Å². The zero-order valence-corrected chi connectivity index (χ0v) is 14.3. The summed E-state index contributed by atoms with van der Waals surface area (Å²) in [6.45, 7) is 2.95. The van der Waals surface area contributed by atoms with Crippen LogP contribution < -0.4 is 5.32 Å². The zero-order valence-electron chi connectivity index (χ0n) is 14.3. The standard InChI is InChI=1S/C16H19BF2N2O6/c1-2-15(22)21-8-12(19)13(9-21)26-16(23)20-14(27-17(24)25)7-10-3-5-11(18)6-4-10/h2-6,12-14,24-25H,1,7-9H2,(H,20,23)/t12-,13-,14-/m1/s1. The molecule has 0 aromatic heterocycles. The summed E-state index contributed by atoms with van der Waals surface area (Å²) in [6.07, 6.45) is -4.04. The van der Waals surface area contributed by atoms with Crippen LogP contribution in [-0.4, -0.2) is 65.9 Å². The van der Waals surface area contributed by atoms with E-state index < -0.39 is 43.6 Å². The van der Waals surface area contributed by atoms with E-state index in [4.69, 9.17) is 19.4 Å².